The zero-order chi connectivity index (χ0) is 20.2. The molecule has 1 atom stereocenters. The molecule has 0 spiro atoms. The molecule has 144 valence electrons. The number of carbonyl (C=O) groups is 1. The van der Waals surface area contributed by atoms with Crippen molar-refractivity contribution in [1.29, 1.82) is 0 Å². The van der Waals surface area contributed by atoms with Gasteiger partial charge in [0.05, 0.1) is 0 Å². The highest BCUT2D eigenvalue weighted by Crippen LogP contribution is 2.29. The molecule has 0 saturated heterocycles. The van der Waals surface area contributed by atoms with Crippen molar-refractivity contribution in [3.05, 3.63) is 64.2 Å². The van der Waals surface area contributed by atoms with Crippen molar-refractivity contribution in [2.75, 3.05) is 5.32 Å². The van der Waals surface area contributed by atoms with E-state index in [1.165, 1.54) is 0 Å². The number of carbonyl (C=O) groups excluding carboxylic acids is 1. The quantitative estimate of drug-likeness (QED) is 0.323. The smallest absolute Gasteiger partial charge is 0.252 e. The normalized spacial score (nSPS) is 12.2. The maximum Gasteiger partial charge on any atom is 0.252 e. The number of amides is 1. The molecule has 0 aliphatic rings. The molecule has 2 rings (SSSR count). The Labute approximate surface area is 183 Å². The fourth-order valence-corrected chi connectivity index (χ4v) is 2.86. The first-order chi connectivity index (χ1) is 12.6. The SMILES string of the molecule is Cc1ccc(C)c(NC(=S)NC(NC(=O)c2ccc(Cl)cc2)C(Cl)(Cl)Cl)c1. The minimum absolute atomic E-state index is 0.205. The number of benzene rings is 2. The van der Waals surface area contributed by atoms with Gasteiger partial charge < -0.3 is 16.0 Å². The summed E-state index contributed by atoms with van der Waals surface area (Å²) >= 11 is 29.1. The van der Waals surface area contributed by atoms with E-state index >= 15 is 0 Å². The molecule has 0 aromatic heterocycles. The van der Waals surface area contributed by atoms with Gasteiger partial charge in [0.15, 0.2) is 5.11 Å². The van der Waals surface area contributed by atoms with E-state index in [0.29, 0.717) is 10.6 Å². The molecule has 4 nitrogen and oxygen atoms in total. The molecule has 0 fully saturated rings. The summed E-state index contributed by atoms with van der Waals surface area (Å²) < 4.78 is -1.84. The standard InChI is InChI=1S/C18H17Cl4N3OS/c1-10-3-4-11(2)14(9-10)23-17(27)25-16(18(20,21)22)24-15(26)12-5-7-13(19)8-6-12/h3-9,16H,1-2H3,(H,24,26)(H2,23,25,27). The minimum atomic E-state index is -1.84. The van der Waals surface area contributed by atoms with Gasteiger partial charge in [0.2, 0.25) is 3.79 Å². The van der Waals surface area contributed by atoms with Crippen molar-refractivity contribution in [3.8, 4) is 0 Å². The first-order valence-corrected chi connectivity index (χ1v) is 9.76. The minimum Gasteiger partial charge on any atom is -0.339 e. The molecule has 1 unspecified atom stereocenters. The molecule has 0 aliphatic carbocycles. The second-order valence-corrected chi connectivity index (χ2v) is 9.09. The number of halogens is 4. The number of aryl methyl sites for hydroxylation is 2. The molecular weight excluding hydrogens is 448 g/mol. The van der Waals surface area contributed by atoms with Gasteiger partial charge in [-0.3, -0.25) is 4.79 Å². The Kier molecular flexibility index (Phi) is 7.60. The van der Waals surface area contributed by atoms with Crippen LogP contribution in [0.25, 0.3) is 0 Å². The van der Waals surface area contributed by atoms with Crippen LogP contribution in [-0.2, 0) is 0 Å². The Morgan fingerprint density at radius 1 is 1.04 bits per heavy atom. The van der Waals surface area contributed by atoms with E-state index in [1.807, 2.05) is 32.0 Å². The second-order valence-electron chi connectivity index (χ2n) is 5.87. The highest BCUT2D eigenvalue weighted by atomic mass is 35.6. The molecule has 9 heteroatoms. The van der Waals surface area contributed by atoms with Gasteiger partial charge in [-0.05, 0) is 67.5 Å². The zero-order valence-corrected chi connectivity index (χ0v) is 18.3. The van der Waals surface area contributed by atoms with E-state index in [1.54, 1.807) is 24.3 Å². The van der Waals surface area contributed by atoms with Crippen LogP contribution in [-0.4, -0.2) is 21.0 Å². The third-order valence-corrected chi connectivity index (χ3v) is 4.75. The fraction of sp³-hybridized carbons (Fsp3) is 0.222. The number of nitrogens with one attached hydrogen (secondary N) is 3. The lowest BCUT2D eigenvalue weighted by molar-refractivity contribution is 0.0934. The van der Waals surface area contributed by atoms with Crippen LogP contribution in [0.2, 0.25) is 5.02 Å². The Hall–Kier alpha value is -1.24. The summed E-state index contributed by atoms with van der Waals surface area (Å²) in [6.07, 6.45) is -1.06. The molecular formula is C18H17Cl4N3OS. The van der Waals surface area contributed by atoms with Crippen LogP contribution in [0.15, 0.2) is 42.5 Å². The van der Waals surface area contributed by atoms with Crippen molar-refractivity contribution < 1.29 is 4.79 Å². The van der Waals surface area contributed by atoms with Crippen molar-refractivity contribution in [1.82, 2.24) is 10.6 Å². The summed E-state index contributed by atoms with van der Waals surface area (Å²) in [6.45, 7) is 3.91. The Bertz CT molecular complexity index is 837. The predicted molar refractivity (Wildman–Crippen MR) is 118 cm³/mol. The largest absolute Gasteiger partial charge is 0.339 e. The zero-order valence-electron chi connectivity index (χ0n) is 14.4. The Balaban J connectivity index is 2.10. The molecule has 1 amide bonds. The maximum absolute atomic E-state index is 12.4. The number of rotatable bonds is 4. The molecule has 27 heavy (non-hydrogen) atoms. The monoisotopic (exact) mass is 463 g/mol. The molecule has 0 heterocycles. The van der Waals surface area contributed by atoms with E-state index in [0.717, 1.165) is 16.8 Å². The van der Waals surface area contributed by atoms with E-state index in [4.69, 9.17) is 58.6 Å². The Morgan fingerprint density at radius 2 is 1.67 bits per heavy atom. The first-order valence-electron chi connectivity index (χ1n) is 7.84. The molecule has 0 aliphatic heterocycles. The van der Waals surface area contributed by atoms with Crippen molar-refractivity contribution in [2.24, 2.45) is 0 Å². The number of anilines is 1. The average Bonchev–Trinajstić information content (AvgIpc) is 2.57. The van der Waals surface area contributed by atoms with Crippen molar-refractivity contribution >= 4 is 75.3 Å². The summed E-state index contributed by atoms with van der Waals surface area (Å²) in [5.74, 6) is -0.440. The fourth-order valence-electron chi connectivity index (χ4n) is 2.18. The van der Waals surface area contributed by atoms with Crippen LogP contribution in [0.5, 0.6) is 0 Å². The summed E-state index contributed by atoms with van der Waals surface area (Å²) in [5.41, 5.74) is 3.26. The van der Waals surface area contributed by atoms with Gasteiger partial charge >= 0.3 is 0 Å². The molecule has 3 N–H and O–H groups in total. The highest BCUT2D eigenvalue weighted by molar-refractivity contribution is 7.80. The predicted octanol–water partition coefficient (Wildman–Crippen LogP) is 5.37. The molecule has 0 bridgehead atoms. The highest BCUT2D eigenvalue weighted by Gasteiger charge is 2.35. The van der Waals surface area contributed by atoms with Gasteiger partial charge in [0, 0.05) is 16.3 Å². The van der Waals surface area contributed by atoms with E-state index < -0.39 is 15.9 Å². The first kappa shape index (κ1) is 22.1. The van der Waals surface area contributed by atoms with Gasteiger partial charge in [-0.1, -0.05) is 58.5 Å². The van der Waals surface area contributed by atoms with Gasteiger partial charge in [0.25, 0.3) is 5.91 Å². The number of alkyl halides is 3. The lowest BCUT2D eigenvalue weighted by Gasteiger charge is -2.28. The Morgan fingerprint density at radius 3 is 2.26 bits per heavy atom. The summed E-state index contributed by atoms with van der Waals surface area (Å²) in [6, 6.07) is 12.2. The van der Waals surface area contributed by atoms with Gasteiger partial charge in [-0.15, -0.1) is 0 Å². The van der Waals surface area contributed by atoms with Crippen LogP contribution in [0.3, 0.4) is 0 Å². The summed E-state index contributed by atoms with van der Waals surface area (Å²) in [7, 11) is 0. The van der Waals surface area contributed by atoms with Gasteiger partial charge in [-0.2, -0.15) is 0 Å². The van der Waals surface area contributed by atoms with Crippen LogP contribution < -0.4 is 16.0 Å². The van der Waals surface area contributed by atoms with Crippen LogP contribution >= 0.6 is 58.6 Å². The second kappa shape index (κ2) is 9.30. The molecule has 0 radical (unpaired) electrons. The van der Waals surface area contributed by atoms with Gasteiger partial charge in [0.1, 0.15) is 6.17 Å². The van der Waals surface area contributed by atoms with Crippen LogP contribution in [0.4, 0.5) is 5.69 Å². The number of thiocarbonyl (C=S) groups is 1. The maximum atomic E-state index is 12.4. The number of hydrogen-bond acceptors (Lipinski definition) is 2. The molecule has 2 aromatic carbocycles. The third-order valence-electron chi connectivity index (χ3n) is 3.63. The lowest BCUT2D eigenvalue weighted by Crippen LogP contribution is -2.56. The van der Waals surface area contributed by atoms with Gasteiger partial charge in [-0.25, -0.2) is 0 Å². The molecule has 0 saturated carbocycles. The third kappa shape index (κ3) is 6.70. The lowest BCUT2D eigenvalue weighted by atomic mass is 10.1. The summed E-state index contributed by atoms with van der Waals surface area (Å²) in [4.78, 5) is 12.4. The van der Waals surface area contributed by atoms with Crippen molar-refractivity contribution in [3.63, 3.8) is 0 Å². The molecule has 2 aromatic rings. The average molecular weight is 465 g/mol. The van der Waals surface area contributed by atoms with Crippen LogP contribution in [0, 0.1) is 13.8 Å². The van der Waals surface area contributed by atoms with E-state index in [2.05, 4.69) is 16.0 Å². The number of hydrogen-bond donors (Lipinski definition) is 3. The van der Waals surface area contributed by atoms with Crippen LogP contribution in [0.1, 0.15) is 21.5 Å². The van der Waals surface area contributed by atoms with E-state index in [9.17, 15) is 4.79 Å². The summed E-state index contributed by atoms with van der Waals surface area (Å²) in [5, 5.41) is 9.22. The van der Waals surface area contributed by atoms with E-state index in [-0.39, 0.29) is 5.11 Å². The topological polar surface area (TPSA) is 53.2 Å². The van der Waals surface area contributed by atoms with Crippen molar-refractivity contribution in [2.45, 2.75) is 23.8 Å².